The predicted molar refractivity (Wildman–Crippen MR) is 73.6 cm³/mol. The van der Waals surface area contributed by atoms with Crippen LogP contribution in [0.4, 0.5) is 5.69 Å². The second kappa shape index (κ2) is 7.41. The van der Waals surface area contributed by atoms with E-state index in [0.29, 0.717) is 18.7 Å². The fourth-order valence-electron chi connectivity index (χ4n) is 1.71. The summed E-state index contributed by atoms with van der Waals surface area (Å²) in [6.45, 7) is 2.41. The molecule has 5 nitrogen and oxygen atoms in total. The van der Waals surface area contributed by atoms with Gasteiger partial charge in [0, 0.05) is 18.7 Å². The van der Waals surface area contributed by atoms with Crippen LogP contribution in [0.1, 0.15) is 25.3 Å². The maximum absolute atomic E-state index is 11.7. The van der Waals surface area contributed by atoms with Gasteiger partial charge in [-0.05, 0) is 30.0 Å². The first kappa shape index (κ1) is 15.0. The number of rotatable bonds is 7. The van der Waals surface area contributed by atoms with Crippen LogP contribution in [-0.2, 0) is 16.0 Å². The molecule has 1 aromatic carbocycles. The van der Waals surface area contributed by atoms with E-state index in [1.807, 2.05) is 19.1 Å². The molecule has 0 aliphatic heterocycles. The second-order valence-electron chi connectivity index (χ2n) is 4.76. The van der Waals surface area contributed by atoms with Gasteiger partial charge in [-0.15, -0.1) is 0 Å². The van der Waals surface area contributed by atoms with E-state index in [1.54, 1.807) is 12.1 Å². The fourth-order valence-corrected chi connectivity index (χ4v) is 1.71. The molecule has 0 aliphatic rings. The van der Waals surface area contributed by atoms with Crippen molar-refractivity contribution in [3.63, 3.8) is 0 Å². The average Bonchev–Trinajstić information content (AvgIpc) is 2.34. The first-order valence-corrected chi connectivity index (χ1v) is 6.30. The number of nitrogens with one attached hydrogen (secondary N) is 1. The van der Waals surface area contributed by atoms with Gasteiger partial charge >= 0.3 is 5.97 Å². The van der Waals surface area contributed by atoms with Crippen LogP contribution in [0, 0.1) is 5.92 Å². The molecular formula is C14H20N2O3. The molecule has 0 bridgehead atoms. The molecule has 1 unspecified atom stereocenters. The minimum absolute atomic E-state index is 0.0761. The zero-order valence-corrected chi connectivity index (χ0v) is 11.1. The summed E-state index contributed by atoms with van der Waals surface area (Å²) in [6.07, 6.45) is 0.983. The highest BCUT2D eigenvalue weighted by molar-refractivity contribution is 5.78. The van der Waals surface area contributed by atoms with Crippen LogP contribution < -0.4 is 11.1 Å². The summed E-state index contributed by atoms with van der Waals surface area (Å²) >= 11 is 0. The number of carbonyl (C=O) groups is 2. The van der Waals surface area contributed by atoms with Crippen molar-refractivity contribution in [2.75, 3.05) is 12.3 Å². The van der Waals surface area contributed by atoms with Crippen molar-refractivity contribution in [2.45, 2.75) is 26.2 Å². The lowest BCUT2D eigenvalue weighted by atomic mass is 10.1. The number of carbonyl (C=O) groups excluding carboxylic acids is 1. The fraction of sp³-hybridized carbons (Fsp3) is 0.429. The van der Waals surface area contributed by atoms with Gasteiger partial charge in [-0.25, -0.2) is 0 Å². The van der Waals surface area contributed by atoms with Gasteiger partial charge < -0.3 is 16.2 Å². The first-order chi connectivity index (χ1) is 8.97. The molecule has 0 saturated carbocycles. The Balaban J connectivity index is 2.30. The van der Waals surface area contributed by atoms with E-state index < -0.39 is 5.97 Å². The van der Waals surface area contributed by atoms with E-state index in [-0.39, 0.29) is 24.7 Å². The number of nitrogen functional groups attached to an aromatic ring is 1. The van der Waals surface area contributed by atoms with Gasteiger partial charge in [0.1, 0.15) is 0 Å². The summed E-state index contributed by atoms with van der Waals surface area (Å²) < 4.78 is 0. The van der Waals surface area contributed by atoms with Crippen molar-refractivity contribution < 1.29 is 14.7 Å². The highest BCUT2D eigenvalue weighted by atomic mass is 16.4. The molecule has 0 aromatic heterocycles. The van der Waals surface area contributed by atoms with Crippen LogP contribution >= 0.6 is 0 Å². The van der Waals surface area contributed by atoms with Gasteiger partial charge in [0.15, 0.2) is 0 Å². The molecule has 4 N–H and O–H groups in total. The summed E-state index contributed by atoms with van der Waals surface area (Å²) in [5, 5.41) is 11.4. The van der Waals surface area contributed by atoms with Crippen LogP contribution in [0.3, 0.4) is 0 Å². The van der Waals surface area contributed by atoms with Crippen LogP contribution in [0.5, 0.6) is 0 Å². The third-order valence-electron chi connectivity index (χ3n) is 2.81. The zero-order valence-electron chi connectivity index (χ0n) is 11.1. The second-order valence-corrected chi connectivity index (χ2v) is 4.76. The van der Waals surface area contributed by atoms with Gasteiger partial charge in [0.25, 0.3) is 0 Å². The molecule has 5 heteroatoms. The maximum Gasteiger partial charge on any atom is 0.303 e. The average molecular weight is 264 g/mol. The van der Waals surface area contributed by atoms with Gasteiger partial charge in [-0.2, -0.15) is 0 Å². The number of aliphatic carboxylic acids is 1. The Labute approximate surface area is 112 Å². The first-order valence-electron chi connectivity index (χ1n) is 6.30. The molecule has 104 valence electrons. The van der Waals surface area contributed by atoms with E-state index in [2.05, 4.69) is 5.32 Å². The number of nitrogens with two attached hydrogens (primary N) is 1. The van der Waals surface area contributed by atoms with E-state index in [1.165, 1.54) is 0 Å². The summed E-state index contributed by atoms with van der Waals surface area (Å²) in [6, 6.07) is 7.21. The van der Waals surface area contributed by atoms with Crippen LogP contribution in [-0.4, -0.2) is 23.5 Å². The molecule has 0 spiro atoms. The summed E-state index contributed by atoms with van der Waals surface area (Å²) in [5.74, 6) is -0.730. The van der Waals surface area contributed by atoms with Crippen LogP contribution in [0.25, 0.3) is 0 Å². The summed E-state index contributed by atoms with van der Waals surface area (Å²) in [4.78, 5) is 22.1. The highest BCUT2D eigenvalue weighted by Gasteiger charge is 2.08. The van der Waals surface area contributed by atoms with Gasteiger partial charge in [-0.3, -0.25) is 9.59 Å². The molecule has 19 heavy (non-hydrogen) atoms. The number of carboxylic acid groups (broad SMARTS) is 1. The monoisotopic (exact) mass is 264 g/mol. The Morgan fingerprint density at radius 2 is 2.16 bits per heavy atom. The molecule has 1 aromatic rings. The quantitative estimate of drug-likeness (QED) is 0.649. The number of anilines is 1. The minimum Gasteiger partial charge on any atom is -0.481 e. The van der Waals surface area contributed by atoms with Crippen molar-refractivity contribution in [2.24, 2.45) is 5.92 Å². The summed E-state index contributed by atoms with van der Waals surface area (Å²) in [5.41, 5.74) is 7.15. The molecule has 0 fully saturated rings. The molecule has 0 radical (unpaired) electrons. The largest absolute Gasteiger partial charge is 0.481 e. The Bertz CT molecular complexity index is 446. The highest BCUT2D eigenvalue weighted by Crippen LogP contribution is 2.08. The Kier molecular flexibility index (Phi) is 5.85. The SMILES string of the molecule is CC(CCC(=O)O)CNC(=O)Cc1cccc(N)c1. The van der Waals surface area contributed by atoms with Crippen molar-refractivity contribution in [1.82, 2.24) is 5.32 Å². The number of hydrogen-bond donors (Lipinski definition) is 3. The Morgan fingerprint density at radius 1 is 1.42 bits per heavy atom. The third-order valence-corrected chi connectivity index (χ3v) is 2.81. The third kappa shape index (κ3) is 6.45. The van der Waals surface area contributed by atoms with Crippen molar-refractivity contribution in [3.8, 4) is 0 Å². The minimum atomic E-state index is -0.807. The standard InChI is InChI=1S/C14H20N2O3/c1-10(5-6-14(18)19)9-16-13(17)8-11-3-2-4-12(15)7-11/h2-4,7,10H,5-6,8-9,15H2,1H3,(H,16,17)(H,18,19). The lowest BCUT2D eigenvalue weighted by Gasteiger charge is -2.11. The van der Waals surface area contributed by atoms with Crippen molar-refractivity contribution in [3.05, 3.63) is 29.8 Å². The smallest absolute Gasteiger partial charge is 0.303 e. The number of carboxylic acids is 1. The van der Waals surface area contributed by atoms with Gasteiger partial charge in [0.05, 0.1) is 6.42 Å². The van der Waals surface area contributed by atoms with E-state index in [0.717, 1.165) is 5.56 Å². The molecule has 1 amide bonds. The normalized spacial score (nSPS) is 11.8. The van der Waals surface area contributed by atoms with Crippen molar-refractivity contribution in [1.29, 1.82) is 0 Å². The lowest BCUT2D eigenvalue weighted by Crippen LogP contribution is -2.29. The number of benzene rings is 1. The topological polar surface area (TPSA) is 92.4 Å². The molecular weight excluding hydrogens is 244 g/mol. The zero-order chi connectivity index (χ0) is 14.3. The molecule has 1 atom stereocenters. The van der Waals surface area contributed by atoms with Crippen LogP contribution in [0.2, 0.25) is 0 Å². The summed E-state index contributed by atoms with van der Waals surface area (Å²) in [7, 11) is 0. The molecule has 1 rings (SSSR count). The maximum atomic E-state index is 11.7. The number of hydrogen-bond acceptors (Lipinski definition) is 3. The van der Waals surface area contributed by atoms with E-state index in [9.17, 15) is 9.59 Å². The van der Waals surface area contributed by atoms with Gasteiger partial charge in [0.2, 0.25) is 5.91 Å². The number of amides is 1. The molecule has 0 heterocycles. The lowest BCUT2D eigenvalue weighted by molar-refractivity contribution is -0.137. The van der Waals surface area contributed by atoms with Crippen LogP contribution in [0.15, 0.2) is 24.3 Å². The van der Waals surface area contributed by atoms with Gasteiger partial charge in [-0.1, -0.05) is 19.1 Å². The molecule has 0 aliphatic carbocycles. The Hall–Kier alpha value is -2.04. The van der Waals surface area contributed by atoms with E-state index >= 15 is 0 Å². The Morgan fingerprint density at radius 3 is 2.79 bits per heavy atom. The van der Waals surface area contributed by atoms with Crippen molar-refractivity contribution >= 4 is 17.6 Å². The predicted octanol–water partition coefficient (Wildman–Crippen LogP) is 1.43. The molecule has 0 saturated heterocycles. The van der Waals surface area contributed by atoms with E-state index in [4.69, 9.17) is 10.8 Å².